The molecule has 0 aliphatic carbocycles. The van der Waals surface area contributed by atoms with Crippen LogP contribution in [0.2, 0.25) is 0 Å². The molecule has 0 N–H and O–H groups in total. The van der Waals surface area contributed by atoms with Gasteiger partial charge in [0, 0.05) is 18.7 Å². The van der Waals surface area contributed by atoms with Crippen molar-refractivity contribution in [2.75, 3.05) is 0 Å². The highest BCUT2D eigenvalue weighted by Gasteiger charge is 2.08. The zero-order chi connectivity index (χ0) is 10.6. The van der Waals surface area contributed by atoms with Crippen molar-refractivity contribution in [3.8, 4) is 0 Å². The van der Waals surface area contributed by atoms with E-state index in [1.807, 2.05) is 25.1 Å². The first-order valence-electron chi connectivity index (χ1n) is 4.45. The number of nitrogens with zero attached hydrogens (tertiary/aromatic N) is 1. The van der Waals surface area contributed by atoms with Crippen molar-refractivity contribution in [3.63, 3.8) is 0 Å². The number of pyridine rings is 1. The molecule has 2 nitrogen and oxygen atoms in total. The first kappa shape index (κ1) is 10.4. The molecule has 1 aromatic heterocycles. The van der Waals surface area contributed by atoms with E-state index in [0.29, 0.717) is 5.69 Å². The summed E-state index contributed by atoms with van der Waals surface area (Å²) < 4.78 is 0. The minimum atomic E-state index is -0.0359. The molecule has 0 bridgehead atoms. The predicted octanol–water partition coefficient (Wildman–Crippen LogP) is 2.96. The summed E-state index contributed by atoms with van der Waals surface area (Å²) in [4.78, 5) is 15.3. The summed E-state index contributed by atoms with van der Waals surface area (Å²) in [5.41, 5.74) is 2.26. The lowest BCUT2D eigenvalue weighted by Gasteiger charge is -2.04. The van der Waals surface area contributed by atoms with Gasteiger partial charge in [0.25, 0.3) is 0 Å². The summed E-state index contributed by atoms with van der Waals surface area (Å²) in [6.45, 7) is 7.13. The fraction of sp³-hybridized carbons (Fsp3) is 0.167. The van der Waals surface area contributed by atoms with Crippen LogP contribution in [0.1, 0.15) is 35.5 Å². The van der Waals surface area contributed by atoms with Crippen molar-refractivity contribution in [3.05, 3.63) is 41.7 Å². The molecule has 0 radical (unpaired) electrons. The summed E-state index contributed by atoms with van der Waals surface area (Å²) in [6, 6.07) is 1.86. The molecule has 0 amide bonds. The number of carbonyl (C=O) groups is 1. The van der Waals surface area contributed by atoms with Crippen LogP contribution in [0.25, 0.3) is 12.2 Å². The van der Waals surface area contributed by atoms with Crippen LogP contribution in [-0.2, 0) is 0 Å². The van der Waals surface area contributed by atoms with Crippen LogP contribution < -0.4 is 0 Å². The lowest BCUT2D eigenvalue weighted by Crippen LogP contribution is -2.01. The maximum Gasteiger partial charge on any atom is 0.178 e. The van der Waals surface area contributed by atoms with Crippen LogP contribution in [0.15, 0.2) is 24.9 Å². The van der Waals surface area contributed by atoms with E-state index in [-0.39, 0.29) is 5.78 Å². The molecule has 0 saturated heterocycles. The molecule has 72 valence electrons. The smallest absolute Gasteiger partial charge is 0.178 e. The summed E-state index contributed by atoms with van der Waals surface area (Å²) in [6.07, 6.45) is 7.16. The average molecular weight is 187 g/mol. The van der Waals surface area contributed by atoms with Gasteiger partial charge in [-0.15, -0.1) is 0 Å². The lowest BCUT2D eigenvalue weighted by molar-refractivity contribution is 0.101. The van der Waals surface area contributed by atoms with Gasteiger partial charge in [-0.3, -0.25) is 9.78 Å². The van der Waals surface area contributed by atoms with Crippen molar-refractivity contribution in [2.45, 2.75) is 13.8 Å². The Balaban J connectivity index is 3.39. The molecule has 0 aliphatic rings. The third-order valence-electron chi connectivity index (χ3n) is 1.91. The van der Waals surface area contributed by atoms with Gasteiger partial charge < -0.3 is 0 Å². The highest BCUT2D eigenvalue weighted by molar-refractivity contribution is 5.96. The van der Waals surface area contributed by atoms with Crippen molar-refractivity contribution in [2.24, 2.45) is 0 Å². The molecule has 2 heteroatoms. The molecular weight excluding hydrogens is 174 g/mol. The molecule has 0 atom stereocenters. The second kappa shape index (κ2) is 4.51. The Morgan fingerprint density at radius 1 is 1.57 bits per heavy atom. The van der Waals surface area contributed by atoms with Crippen LogP contribution in [0.5, 0.6) is 0 Å². The van der Waals surface area contributed by atoms with Gasteiger partial charge in [0.05, 0.1) is 0 Å². The van der Waals surface area contributed by atoms with Crippen molar-refractivity contribution >= 4 is 17.9 Å². The fourth-order valence-electron chi connectivity index (χ4n) is 1.31. The van der Waals surface area contributed by atoms with E-state index < -0.39 is 0 Å². The Kier molecular flexibility index (Phi) is 3.35. The SMILES string of the molecule is C=Cc1c(/C=C\C)ccnc1C(C)=O. The topological polar surface area (TPSA) is 30.0 Å². The molecule has 0 aliphatic heterocycles. The number of aromatic nitrogens is 1. The van der Waals surface area contributed by atoms with Crippen molar-refractivity contribution in [1.29, 1.82) is 0 Å². The maximum atomic E-state index is 11.2. The molecule has 0 fully saturated rings. The van der Waals surface area contributed by atoms with Gasteiger partial charge in [-0.2, -0.15) is 0 Å². The van der Waals surface area contributed by atoms with E-state index in [4.69, 9.17) is 0 Å². The zero-order valence-electron chi connectivity index (χ0n) is 8.45. The van der Waals surface area contributed by atoms with Crippen LogP contribution in [0.3, 0.4) is 0 Å². The molecule has 1 aromatic rings. The molecule has 0 aromatic carbocycles. The van der Waals surface area contributed by atoms with Crippen LogP contribution >= 0.6 is 0 Å². The molecule has 0 unspecified atom stereocenters. The van der Waals surface area contributed by atoms with E-state index in [9.17, 15) is 4.79 Å². The fourth-order valence-corrected chi connectivity index (χ4v) is 1.31. The van der Waals surface area contributed by atoms with Crippen molar-refractivity contribution < 1.29 is 4.79 Å². The second-order valence-corrected chi connectivity index (χ2v) is 2.92. The predicted molar refractivity (Wildman–Crippen MR) is 59.0 cm³/mol. The van der Waals surface area contributed by atoms with Gasteiger partial charge in [0.15, 0.2) is 5.78 Å². The molecule has 14 heavy (non-hydrogen) atoms. The van der Waals surface area contributed by atoms with Gasteiger partial charge >= 0.3 is 0 Å². The first-order chi connectivity index (χ1) is 6.70. The zero-order valence-corrected chi connectivity index (χ0v) is 8.45. The lowest BCUT2D eigenvalue weighted by atomic mass is 10.0. The van der Waals surface area contributed by atoms with Gasteiger partial charge in [0.1, 0.15) is 5.69 Å². The van der Waals surface area contributed by atoms with E-state index in [1.165, 1.54) is 6.92 Å². The Labute approximate surface area is 84.0 Å². The summed E-state index contributed by atoms with van der Waals surface area (Å²) in [7, 11) is 0. The van der Waals surface area contributed by atoms with Gasteiger partial charge in [-0.05, 0) is 18.6 Å². The number of carbonyl (C=O) groups excluding carboxylic acids is 1. The van der Waals surface area contributed by atoms with Crippen LogP contribution in [-0.4, -0.2) is 10.8 Å². The standard InChI is InChI=1S/C12H13NO/c1-4-6-10-7-8-13-12(9(3)14)11(10)5-2/h4-8H,2H2,1,3H3/b6-4-. The van der Waals surface area contributed by atoms with Crippen LogP contribution in [0.4, 0.5) is 0 Å². The first-order valence-corrected chi connectivity index (χ1v) is 4.45. The number of ketones is 1. The highest BCUT2D eigenvalue weighted by Crippen LogP contribution is 2.16. The van der Waals surface area contributed by atoms with E-state index >= 15 is 0 Å². The Morgan fingerprint density at radius 2 is 2.29 bits per heavy atom. The number of hydrogen-bond acceptors (Lipinski definition) is 2. The highest BCUT2D eigenvalue weighted by atomic mass is 16.1. The van der Waals surface area contributed by atoms with Gasteiger partial charge in [0.2, 0.25) is 0 Å². The third kappa shape index (κ3) is 1.96. The summed E-state index contributed by atoms with van der Waals surface area (Å²) in [5.74, 6) is -0.0359. The Bertz CT molecular complexity index is 391. The summed E-state index contributed by atoms with van der Waals surface area (Å²) >= 11 is 0. The second-order valence-electron chi connectivity index (χ2n) is 2.92. The van der Waals surface area contributed by atoms with E-state index in [2.05, 4.69) is 11.6 Å². The van der Waals surface area contributed by atoms with Crippen LogP contribution in [0, 0.1) is 0 Å². The minimum Gasteiger partial charge on any atom is -0.293 e. The van der Waals surface area contributed by atoms with E-state index in [0.717, 1.165) is 11.1 Å². The molecule has 1 rings (SSSR count). The molecule has 0 saturated carbocycles. The van der Waals surface area contributed by atoms with E-state index in [1.54, 1.807) is 12.3 Å². The Morgan fingerprint density at radius 3 is 2.79 bits per heavy atom. The summed E-state index contributed by atoms with van der Waals surface area (Å²) in [5, 5.41) is 0. The molecular formula is C12H13NO. The van der Waals surface area contributed by atoms with Gasteiger partial charge in [-0.1, -0.05) is 24.8 Å². The third-order valence-corrected chi connectivity index (χ3v) is 1.91. The number of rotatable bonds is 3. The molecule has 0 spiro atoms. The van der Waals surface area contributed by atoms with Gasteiger partial charge in [-0.25, -0.2) is 0 Å². The largest absolute Gasteiger partial charge is 0.293 e. The number of allylic oxidation sites excluding steroid dienone is 1. The minimum absolute atomic E-state index is 0.0359. The normalized spacial score (nSPS) is 10.4. The average Bonchev–Trinajstić information content (AvgIpc) is 2.18. The number of hydrogen-bond donors (Lipinski definition) is 0. The van der Waals surface area contributed by atoms with Crippen molar-refractivity contribution in [1.82, 2.24) is 4.98 Å². The molecule has 1 heterocycles. The number of Topliss-reactive ketones (excluding diaryl/α,β-unsaturated/α-hetero) is 1. The Hall–Kier alpha value is -1.70. The maximum absolute atomic E-state index is 11.2. The quantitative estimate of drug-likeness (QED) is 0.681. The monoisotopic (exact) mass is 187 g/mol.